The maximum absolute atomic E-state index is 13.0. The number of hydrogen-bond acceptors (Lipinski definition) is 5. The van der Waals surface area contributed by atoms with Gasteiger partial charge in [0.1, 0.15) is 0 Å². The Morgan fingerprint density at radius 1 is 1.24 bits per heavy atom. The van der Waals surface area contributed by atoms with Crippen LogP contribution in [0.15, 0.2) is 18.2 Å². The number of aryl methyl sites for hydroxylation is 2. The SMILES string of the molecule is Cc1cc(C)n(C[C@H]2CCCCN2C(=O)c2ccc(N(C)C)nn2)n1. The van der Waals surface area contributed by atoms with Gasteiger partial charge in [0, 0.05) is 26.3 Å². The Morgan fingerprint density at radius 3 is 2.64 bits per heavy atom. The van der Waals surface area contributed by atoms with E-state index in [4.69, 9.17) is 0 Å². The molecule has 7 heteroatoms. The van der Waals surface area contributed by atoms with Crippen molar-refractivity contribution in [1.29, 1.82) is 0 Å². The van der Waals surface area contributed by atoms with Gasteiger partial charge in [-0.25, -0.2) is 0 Å². The molecule has 2 aromatic heterocycles. The Morgan fingerprint density at radius 2 is 2.04 bits per heavy atom. The lowest BCUT2D eigenvalue weighted by molar-refractivity contribution is 0.0575. The normalized spacial score (nSPS) is 17.6. The van der Waals surface area contributed by atoms with Crippen LogP contribution in [0.4, 0.5) is 5.82 Å². The third kappa shape index (κ3) is 3.81. The Hall–Kier alpha value is -2.44. The van der Waals surface area contributed by atoms with Crippen molar-refractivity contribution in [2.45, 2.75) is 45.7 Å². The molecule has 1 amide bonds. The molecule has 25 heavy (non-hydrogen) atoms. The molecule has 3 rings (SSSR count). The number of anilines is 1. The second-order valence-corrected chi connectivity index (χ2v) is 6.93. The fourth-order valence-electron chi connectivity index (χ4n) is 3.34. The minimum Gasteiger partial charge on any atom is -0.361 e. The lowest BCUT2D eigenvalue weighted by atomic mass is 10.0. The van der Waals surface area contributed by atoms with Crippen LogP contribution in [0.2, 0.25) is 0 Å². The van der Waals surface area contributed by atoms with Crippen molar-refractivity contribution in [3.05, 3.63) is 35.3 Å². The second-order valence-electron chi connectivity index (χ2n) is 6.93. The topological polar surface area (TPSA) is 67.2 Å². The standard InChI is InChI=1S/C18H26N6O/c1-13-11-14(2)24(21-13)12-15-7-5-6-10-23(15)18(25)16-8-9-17(20-19-16)22(3)4/h8-9,11,15H,5-7,10,12H2,1-4H3/t15-/m1/s1. The molecule has 0 saturated carbocycles. The van der Waals surface area contributed by atoms with Crippen LogP contribution in [0, 0.1) is 13.8 Å². The first-order chi connectivity index (χ1) is 12.0. The van der Waals surface area contributed by atoms with Gasteiger partial charge in [0.2, 0.25) is 0 Å². The number of nitrogens with zero attached hydrogens (tertiary/aromatic N) is 6. The Balaban J connectivity index is 1.77. The summed E-state index contributed by atoms with van der Waals surface area (Å²) in [6.07, 6.45) is 3.16. The molecular formula is C18H26N6O. The first kappa shape index (κ1) is 17.4. The number of aromatic nitrogens is 4. The molecular weight excluding hydrogens is 316 g/mol. The lowest BCUT2D eigenvalue weighted by Gasteiger charge is -2.35. The molecule has 0 aromatic carbocycles. The van der Waals surface area contributed by atoms with E-state index in [1.54, 1.807) is 6.07 Å². The highest BCUT2D eigenvalue weighted by atomic mass is 16.2. The molecule has 0 bridgehead atoms. The zero-order valence-corrected chi connectivity index (χ0v) is 15.4. The summed E-state index contributed by atoms with van der Waals surface area (Å²) in [5.74, 6) is 0.707. The van der Waals surface area contributed by atoms with E-state index in [-0.39, 0.29) is 11.9 Å². The van der Waals surface area contributed by atoms with Crippen molar-refractivity contribution in [2.24, 2.45) is 0 Å². The van der Waals surface area contributed by atoms with Gasteiger partial charge in [-0.1, -0.05) is 0 Å². The molecule has 1 aliphatic heterocycles. The summed E-state index contributed by atoms with van der Waals surface area (Å²) >= 11 is 0. The van der Waals surface area contributed by atoms with Crippen molar-refractivity contribution < 1.29 is 4.79 Å². The fraction of sp³-hybridized carbons (Fsp3) is 0.556. The van der Waals surface area contributed by atoms with E-state index in [0.717, 1.165) is 49.6 Å². The predicted octanol–water partition coefficient (Wildman–Crippen LogP) is 2.05. The molecule has 1 atom stereocenters. The number of piperidine rings is 1. The summed E-state index contributed by atoms with van der Waals surface area (Å²) in [7, 11) is 3.81. The predicted molar refractivity (Wildman–Crippen MR) is 96.7 cm³/mol. The molecule has 2 aromatic rings. The van der Waals surface area contributed by atoms with E-state index in [0.29, 0.717) is 5.69 Å². The van der Waals surface area contributed by atoms with Gasteiger partial charge in [-0.05, 0) is 51.3 Å². The molecule has 0 spiro atoms. The Bertz CT molecular complexity index is 737. The van der Waals surface area contributed by atoms with Crippen molar-refractivity contribution in [2.75, 3.05) is 25.5 Å². The minimum atomic E-state index is -0.0379. The van der Waals surface area contributed by atoms with Crippen LogP contribution in [0.25, 0.3) is 0 Å². The highest BCUT2D eigenvalue weighted by molar-refractivity contribution is 5.92. The van der Waals surface area contributed by atoms with Gasteiger partial charge < -0.3 is 9.80 Å². The van der Waals surface area contributed by atoms with Gasteiger partial charge in [0.05, 0.1) is 18.3 Å². The average Bonchev–Trinajstić information content (AvgIpc) is 2.92. The van der Waals surface area contributed by atoms with Gasteiger partial charge >= 0.3 is 0 Å². The molecule has 0 N–H and O–H groups in total. The maximum Gasteiger partial charge on any atom is 0.274 e. The van der Waals surface area contributed by atoms with Crippen molar-refractivity contribution in [3.8, 4) is 0 Å². The molecule has 0 unspecified atom stereocenters. The molecule has 7 nitrogen and oxygen atoms in total. The Kier molecular flexibility index (Phi) is 5.01. The van der Waals surface area contributed by atoms with Crippen LogP contribution in [0.1, 0.15) is 41.1 Å². The van der Waals surface area contributed by atoms with E-state index >= 15 is 0 Å². The largest absolute Gasteiger partial charge is 0.361 e. The fourth-order valence-corrected chi connectivity index (χ4v) is 3.34. The summed E-state index contributed by atoms with van der Waals surface area (Å²) in [6, 6.07) is 5.81. The Labute approximate surface area is 148 Å². The van der Waals surface area contributed by atoms with E-state index in [1.807, 2.05) is 41.6 Å². The van der Waals surface area contributed by atoms with Crippen molar-refractivity contribution in [1.82, 2.24) is 24.9 Å². The first-order valence-corrected chi connectivity index (χ1v) is 8.79. The second kappa shape index (κ2) is 7.21. The van der Waals surface area contributed by atoms with Gasteiger partial charge in [0.15, 0.2) is 11.5 Å². The van der Waals surface area contributed by atoms with Crippen molar-refractivity contribution >= 4 is 11.7 Å². The molecule has 3 heterocycles. The molecule has 1 fully saturated rings. The van der Waals surface area contributed by atoms with Crippen LogP contribution in [0.5, 0.6) is 0 Å². The monoisotopic (exact) mass is 342 g/mol. The van der Waals surface area contributed by atoms with Gasteiger partial charge in [-0.3, -0.25) is 9.48 Å². The zero-order valence-electron chi connectivity index (χ0n) is 15.4. The van der Waals surface area contributed by atoms with Crippen LogP contribution in [-0.4, -0.2) is 57.5 Å². The van der Waals surface area contributed by atoms with Gasteiger partial charge in [0.25, 0.3) is 5.91 Å². The van der Waals surface area contributed by atoms with Gasteiger partial charge in [-0.2, -0.15) is 5.10 Å². The molecule has 0 radical (unpaired) electrons. The molecule has 134 valence electrons. The summed E-state index contributed by atoms with van der Waals surface area (Å²) in [4.78, 5) is 16.8. The first-order valence-electron chi connectivity index (χ1n) is 8.79. The van der Waals surface area contributed by atoms with Crippen LogP contribution >= 0.6 is 0 Å². The quantitative estimate of drug-likeness (QED) is 0.851. The summed E-state index contributed by atoms with van der Waals surface area (Å²) in [5.41, 5.74) is 2.55. The van der Waals surface area contributed by atoms with Crippen LogP contribution < -0.4 is 4.90 Å². The van der Waals surface area contributed by atoms with Gasteiger partial charge in [-0.15, -0.1) is 10.2 Å². The highest BCUT2D eigenvalue weighted by Crippen LogP contribution is 2.21. The lowest BCUT2D eigenvalue weighted by Crippen LogP contribution is -2.46. The average molecular weight is 342 g/mol. The minimum absolute atomic E-state index is 0.0379. The third-order valence-electron chi connectivity index (χ3n) is 4.70. The van der Waals surface area contributed by atoms with Crippen LogP contribution in [0.3, 0.4) is 0 Å². The summed E-state index contributed by atoms with van der Waals surface area (Å²) < 4.78 is 2.01. The number of amides is 1. The molecule has 1 aliphatic rings. The number of carbonyl (C=O) groups excluding carboxylic acids is 1. The highest BCUT2D eigenvalue weighted by Gasteiger charge is 2.29. The number of likely N-dealkylation sites (tertiary alicyclic amines) is 1. The number of carbonyl (C=O) groups is 1. The molecule has 1 saturated heterocycles. The van der Waals surface area contributed by atoms with E-state index < -0.39 is 0 Å². The third-order valence-corrected chi connectivity index (χ3v) is 4.70. The van der Waals surface area contributed by atoms with E-state index in [2.05, 4.69) is 28.3 Å². The van der Waals surface area contributed by atoms with E-state index in [9.17, 15) is 4.79 Å². The summed E-state index contributed by atoms with van der Waals surface area (Å²) in [5, 5.41) is 12.8. The van der Waals surface area contributed by atoms with Crippen molar-refractivity contribution in [3.63, 3.8) is 0 Å². The molecule has 0 aliphatic carbocycles. The van der Waals surface area contributed by atoms with E-state index in [1.165, 1.54) is 0 Å². The smallest absolute Gasteiger partial charge is 0.274 e. The maximum atomic E-state index is 13.0. The summed E-state index contributed by atoms with van der Waals surface area (Å²) in [6.45, 7) is 5.55. The zero-order chi connectivity index (χ0) is 18.0. The van der Waals surface area contributed by atoms with Crippen LogP contribution in [-0.2, 0) is 6.54 Å². The number of hydrogen-bond donors (Lipinski definition) is 0. The number of rotatable bonds is 4.